The lowest BCUT2D eigenvalue weighted by Crippen LogP contribution is -2.00. The molecule has 116 valence electrons. The Labute approximate surface area is 136 Å². The van der Waals surface area contributed by atoms with E-state index in [0.29, 0.717) is 24.4 Å². The monoisotopic (exact) mass is 316 g/mol. The topological polar surface area (TPSA) is 26.3 Å². The predicted octanol–water partition coefficient (Wildman–Crippen LogP) is 4.50. The second kappa shape index (κ2) is 6.70. The molecule has 0 radical (unpaired) electrons. The summed E-state index contributed by atoms with van der Waals surface area (Å²) in [6.45, 7) is 2.21. The Bertz CT molecular complexity index is 603. The van der Waals surface area contributed by atoms with Crippen LogP contribution in [0, 0.1) is 17.8 Å². The molecule has 0 amide bonds. The highest BCUT2D eigenvalue weighted by atomic mass is 35.5. The largest absolute Gasteiger partial charge is 0.463 e. The van der Waals surface area contributed by atoms with E-state index in [0.717, 1.165) is 23.4 Å². The van der Waals surface area contributed by atoms with Gasteiger partial charge in [-0.25, -0.2) is 4.79 Å². The van der Waals surface area contributed by atoms with Crippen LogP contribution in [0.1, 0.15) is 25.3 Å². The molecule has 3 atom stereocenters. The quantitative estimate of drug-likeness (QED) is 0.570. The molecule has 0 heterocycles. The van der Waals surface area contributed by atoms with Gasteiger partial charge in [0.25, 0.3) is 0 Å². The van der Waals surface area contributed by atoms with Crippen molar-refractivity contribution < 1.29 is 9.53 Å². The van der Waals surface area contributed by atoms with Gasteiger partial charge in [-0.1, -0.05) is 48.0 Å². The molecule has 0 bridgehead atoms. The number of carbonyl (C=O) groups is 1. The highest BCUT2D eigenvalue weighted by Crippen LogP contribution is 2.62. The molecule has 2 aliphatic rings. The third-order valence-electron chi connectivity index (χ3n) is 4.71. The smallest absolute Gasteiger partial charge is 0.330 e. The fraction of sp³-hybridized carbons (Fsp3) is 0.421. The number of fused-ring (bicyclic) bond motifs is 1. The molecule has 1 aromatic rings. The summed E-state index contributed by atoms with van der Waals surface area (Å²) in [5, 5.41) is 0.923. The fourth-order valence-corrected chi connectivity index (χ4v) is 3.98. The molecule has 2 nitrogen and oxygen atoms in total. The SMILES string of the molecule is CCOC(=O)/C=C/C1=C(Cl)C[C@@H]2C(CCc3ccccc3)[C@H]12. The first-order valence-corrected chi connectivity index (χ1v) is 8.35. The van der Waals surface area contributed by atoms with Gasteiger partial charge in [-0.15, -0.1) is 0 Å². The molecule has 0 aliphatic heterocycles. The maximum Gasteiger partial charge on any atom is 0.330 e. The molecule has 0 N–H and O–H groups in total. The van der Waals surface area contributed by atoms with Crippen LogP contribution in [0.25, 0.3) is 0 Å². The van der Waals surface area contributed by atoms with E-state index >= 15 is 0 Å². The lowest BCUT2D eigenvalue weighted by Gasteiger charge is -2.06. The number of carbonyl (C=O) groups excluding carboxylic acids is 1. The molecule has 3 heteroatoms. The number of allylic oxidation sites excluding steroid dienone is 3. The van der Waals surface area contributed by atoms with Crippen molar-refractivity contribution in [1.82, 2.24) is 0 Å². The third-order valence-corrected chi connectivity index (χ3v) is 5.09. The van der Waals surface area contributed by atoms with Gasteiger partial charge in [0.05, 0.1) is 6.61 Å². The summed E-state index contributed by atoms with van der Waals surface area (Å²) in [6.07, 6.45) is 6.66. The molecule has 22 heavy (non-hydrogen) atoms. The zero-order valence-electron chi connectivity index (χ0n) is 12.8. The van der Waals surface area contributed by atoms with E-state index in [2.05, 4.69) is 30.3 Å². The molecule has 1 fully saturated rings. The van der Waals surface area contributed by atoms with Crippen LogP contribution >= 0.6 is 11.6 Å². The van der Waals surface area contributed by atoms with Crippen molar-refractivity contribution in [3.8, 4) is 0 Å². The van der Waals surface area contributed by atoms with E-state index in [1.54, 1.807) is 0 Å². The number of hydrogen-bond donors (Lipinski definition) is 0. The molecule has 1 unspecified atom stereocenters. The van der Waals surface area contributed by atoms with E-state index in [9.17, 15) is 4.79 Å². The number of rotatable bonds is 6. The fourth-order valence-electron chi connectivity index (χ4n) is 3.61. The van der Waals surface area contributed by atoms with Crippen LogP contribution in [0.5, 0.6) is 0 Å². The van der Waals surface area contributed by atoms with Gasteiger partial charge in [-0.05, 0) is 55.1 Å². The van der Waals surface area contributed by atoms with Gasteiger partial charge in [-0.2, -0.15) is 0 Å². The van der Waals surface area contributed by atoms with Crippen LogP contribution < -0.4 is 0 Å². The van der Waals surface area contributed by atoms with Crippen molar-refractivity contribution in [3.63, 3.8) is 0 Å². The Hall–Kier alpha value is -1.54. The first kappa shape index (κ1) is 15.4. The van der Waals surface area contributed by atoms with Gasteiger partial charge in [0, 0.05) is 11.1 Å². The molecule has 2 aliphatic carbocycles. The second-order valence-electron chi connectivity index (χ2n) is 6.03. The van der Waals surface area contributed by atoms with Crippen molar-refractivity contribution in [3.05, 3.63) is 58.7 Å². The van der Waals surface area contributed by atoms with E-state index < -0.39 is 0 Å². The molecule has 3 rings (SSSR count). The van der Waals surface area contributed by atoms with Gasteiger partial charge in [0.15, 0.2) is 0 Å². The van der Waals surface area contributed by atoms with E-state index in [1.807, 2.05) is 13.0 Å². The van der Waals surface area contributed by atoms with Gasteiger partial charge < -0.3 is 4.74 Å². The highest BCUT2D eigenvalue weighted by Gasteiger charge is 2.55. The highest BCUT2D eigenvalue weighted by molar-refractivity contribution is 6.30. The molecular formula is C19H21ClO2. The number of esters is 1. The Balaban J connectivity index is 1.56. The number of halogens is 1. The molecule has 0 aromatic heterocycles. The summed E-state index contributed by atoms with van der Waals surface area (Å²) in [5.74, 6) is 1.65. The summed E-state index contributed by atoms with van der Waals surface area (Å²) in [6, 6.07) is 10.6. The first-order valence-electron chi connectivity index (χ1n) is 7.98. The normalized spacial score (nSPS) is 26.4. The zero-order valence-corrected chi connectivity index (χ0v) is 13.6. The molecule has 1 saturated carbocycles. The summed E-state index contributed by atoms with van der Waals surface area (Å²) in [4.78, 5) is 11.4. The zero-order chi connectivity index (χ0) is 15.5. The molecule has 1 aromatic carbocycles. The molecule has 0 spiro atoms. The van der Waals surface area contributed by atoms with Crippen molar-refractivity contribution in [2.75, 3.05) is 6.61 Å². The number of aryl methyl sites for hydroxylation is 1. The summed E-state index contributed by atoms with van der Waals surface area (Å²) >= 11 is 6.32. The van der Waals surface area contributed by atoms with Gasteiger partial charge in [-0.3, -0.25) is 0 Å². The summed E-state index contributed by atoms with van der Waals surface area (Å²) in [5.41, 5.74) is 2.55. The minimum absolute atomic E-state index is 0.288. The van der Waals surface area contributed by atoms with Gasteiger partial charge in [0.2, 0.25) is 0 Å². The Morgan fingerprint density at radius 3 is 2.86 bits per heavy atom. The maximum atomic E-state index is 11.4. The van der Waals surface area contributed by atoms with Crippen molar-refractivity contribution in [2.45, 2.75) is 26.2 Å². The Kier molecular flexibility index (Phi) is 4.68. The van der Waals surface area contributed by atoms with Crippen molar-refractivity contribution in [2.24, 2.45) is 17.8 Å². The summed E-state index contributed by atoms with van der Waals surface area (Å²) in [7, 11) is 0. The minimum Gasteiger partial charge on any atom is -0.463 e. The maximum absolute atomic E-state index is 11.4. The molecule has 0 saturated heterocycles. The van der Waals surface area contributed by atoms with Gasteiger partial charge in [0.1, 0.15) is 0 Å². The number of benzene rings is 1. The predicted molar refractivity (Wildman–Crippen MR) is 88.5 cm³/mol. The second-order valence-corrected chi connectivity index (χ2v) is 6.48. The molecular weight excluding hydrogens is 296 g/mol. The van der Waals surface area contributed by atoms with Crippen LogP contribution in [0.2, 0.25) is 0 Å². The average Bonchev–Trinajstić information content (AvgIpc) is 3.08. The van der Waals surface area contributed by atoms with Crippen LogP contribution in [0.3, 0.4) is 0 Å². The Morgan fingerprint density at radius 1 is 1.36 bits per heavy atom. The van der Waals surface area contributed by atoms with Crippen molar-refractivity contribution >= 4 is 17.6 Å². The van der Waals surface area contributed by atoms with Crippen LogP contribution in [0.15, 0.2) is 53.1 Å². The van der Waals surface area contributed by atoms with E-state index in [4.69, 9.17) is 16.3 Å². The average molecular weight is 317 g/mol. The lowest BCUT2D eigenvalue weighted by atomic mass is 10.0. The lowest BCUT2D eigenvalue weighted by molar-refractivity contribution is -0.137. The van der Waals surface area contributed by atoms with Crippen LogP contribution in [-0.2, 0) is 16.0 Å². The van der Waals surface area contributed by atoms with Crippen molar-refractivity contribution in [1.29, 1.82) is 0 Å². The number of hydrogen-bond acceptors (Lipinski definition) is 2. The number of ether oxygens (including phenoxy) is 1. The minimum atomic E-state index is -0.288. The standard InChI is InChI=1S/C19H21ClO2/c1-2-22-18(21)11-10-15-17(20)12-16-14(19(15)16)9-8-13-6-4-3-5-7-13/h3-7,10-11,14,16,19H,2,8-9,12H2,1H3/b11-10+/t14?,16-,19-/m1/s1. The van der Waals surface area contributed by atoms with E-state index in [1.165, 1.54) is 18.1 Å². The van der Waals surface area contributed by atoms with E-state index in [-0.39, 0.29) is 5.97 Å². The van der Waals surface area contributed by atoms with Crippen LogP contribution in [0.4, 0.5) is 0 Å². The Morgan fingerprint density at radius 2 is 2.14 bits per heavy atom. The first-order chi connectivity index (χ1) is 10.7. The third kappa shape index (κ3) is 3.27. The summed E-state index contributed by atoms with van der Waals surface area (Å²) < 4.78 is 4.93. The van der Waals surface area contributed by atoms with Gasteiger partial charge >= 0.3 is 5.97 Å². The van der Waals surface area contributed by atoms with Crippen LogP contribution in [-0.4, -0.2) is 12.6 Å².